The number of aliphatic hydroxyl groups excluding tert-OH is 1. The minimum atomic E-state index is -1.13. The molecule has 2 aromatic rings. The van der Waals surface area contributed by atoms with E-state index in [-0.39, 0.29) is 5.56 Å². The van der Waals surface area contributed by atoms with Gasteiger partial charge in [0.25, 0.3) is 11.7 Å². The largest absolute Gasteiger partial charge is 0.467 e. The number of aromatic nitrogens is 4. The predicted octanol–water partition coefficient (Wildman–Crippen LogP) is -1.30. The molecular weight excluding hydrogens is 266 g/mol. The van der Waals surface area contributed by atoms with Crippen LogP contribution in [-0.4, -0.2) is 56.3 Å². The second kappa shape index (κ2) is 5.61. The molecule has 2 N–H and O–H groups in total. The molecule has 1 atom stereocenters. The average molecular weight is 279 g/mol. The van der Waals surface area contributed by atoms with Crippen molar-refractivity contribution in [1.29, 1.82) is 0 Å². The summed E-state index contributed by atoms with van der Waals surface area (Å²) in [7, 11) is 1.17. The maximum absolute atomic E-state index is 12.1. The number of aryl methyl sites for hydroxylation is 1. The molecule has 0 bridgehead atoms. The molecule has 0 saturated heterocycles. The number of carbonyl (C=O) groups excluding carboxylic acids is 2. The first-order valence-corrected chi connectivity index (χ1v) is 5.73. The number of aliphatic hydroxyl groups is 1. The first kappa shape index (κ1) is 13.9. The van der Waals surface area contributed by atoms with Gasteiger partial charge in [0, 0.05) is 6.20 Å². The number of ether oxygens (including phenoxy) is 1. The summed E-state index contributed by atoms with van der Waals surface area (Å²) in [5, 5.41) is 15.4. The molecule has 106 valence electrons. The van der Waals surface area contributed by atoms with Gasteiger partial charge in [-0.25, -0.2) is 14.3 Å². The molecule has 2 heterocycles. The minimum absolute atomic E-state index is 0.227. The van der Waals surface area contributed by atoms with Gasteiger partial charge in [0.05, 0.1) is 25.0 Å². The van der Waals surface area contributed by atoms with Crippen LogP contribution in [0.25, 0.3) is 5.78 Å². The van der Waals surface area contributed by atoms with Crippen molar-refractivity contribution < 1.29 is 19.4 Å². The van der Waals surface area contributed by atoms with Crippen LogP contribution < -0.4 is 5.32 Å². The Labute approximate surface area is 113 Å². The molecule has 0 saturated carbocycles. The van der Waals surface area contributed by atoms with E-state index in [1.54, 1.807) is 6.92 Å². The lowest BCUT2D eigenvalue weighted by molar-refractivity contribution is -0.143. The molecule has 0 aliphatic heterocycles. The Morgan fingerprint density at radius 1 is 1.50 bits per heavy atom. The summed E-state index contributed by atoms with van der Waals surface area (Å²) in [6.45, 7) is 1.11. The van der Waals surface area contributed by atoms with Crippen LogP contribution in [0.3, 0.4) is 0 Å². The molecule has 0 spiro atoms. The van der Waals surface area contributed by atoms with E-state index in [0.717, 1.165) is 0 Å². The van der Waals surface area contributed by atoms with Crippen molar-refractivity contribution in [2.24, 2.45) is 0 Å². The van der Waals surface area contributed by atoms with Gasteiger partial charge in [0.1, 0.15) is 6.33 Å². The van der Waals surface area contributed by atoms with Crippen LogP contribution in [0, 0.1) is 6.92 Å². The maximum Gasteiger partial charge on any atom is 0.330 e. The Balaban J connectivity index is 2.27. The zero-order chi connectivity index (χ0) is 14.7. The Kier molecular flexibility index (Phi) is 3.89. The molecule has 9 nitrogen and oxygen atoms in total. The highest BCUT2D eigenvalue weighted by Gasteiger charge is 2.23. The Hall–Kier alpha value is -2.55. The van der Waals surface area contributed by atoms with Crippen LogP contribution in [0.5, 0.6) is 0 Å². The van der Waals surface area contributed by atoms with Gasteiger partial charge >= 0.3 is 5.97 Å². The summed E-state index contributed by atoms with van der Waals surface area (Å²) in [6, 6.07) is -1.13. The van der Waals surface area contributed by atoms with Crippen LogP contribution in [0.4, 0.5) is 0 Å². The number of esters is 1. The van der Waals surface area contributed by atoms with Gasteiger partial charge < -0.3 is 15.2 Å². The Morgan fingerprint density at radius 2 is 2.25 bits per heavy atom. The van der Waals surface area contributed by atoms with E-state index in [0.29, 0.717) is 11.5 Å². The van der Waals surface area contributed by atoms with Crippen molar-refractivity contribution in [2.75, 3.05) is 13.7 Å². The third-order valence-electron chi connectivity index (χ3n) is 2.76. The third kappa shape index (κ3) is 2.43. The predicted molar refractivity (Wildman–Crippen MR) is 65.9 cm³/mol. The SMILES string of the molecule is COC(=O)C(CO)NC(=O)c1cnc2ncnn2c1C. The van der Waals surface area contributed by atoms with E-state index < -0.39 is 24.5 Å². The van der Waals surface area contributed by atoms with Gasteiger partial charge in [-0.1, -0.05) is 0 Å². The number of nitrogens with one attached hydrogen (secondary N) is 1. The number of nitrogens with zero attached hydrogens (tertiary/aromatic N) is 4. The summed E-state index contributed by atoms with van der Waals surface area (Å²) in [5.41, 5.74) is 0.747. The molecule has 0 aromatic carbocycles. The molecular formula is C11H13N5O4. The molecule has 0 fully saturated rings. The number of hydrogen-bond donors (Lipinski definition) is 2. The number of methoxy groups -OCH3 is 1. The van der Waals surface area contributed by atoms with Gasteiger partial charge in [-0.2, -0.15) is 10.1 Å². The molecule has 0 radical (unpaired) electrons. The molecule has 9 heteroatoms. The fraction of sp³-hybridized carbons (Fsp3) is 0.364. The van der Waals surface area contributed by atoms with Gasteiger partial charge in [0.2, 0.25) is 0 Å². The second-order valence-corrected chi connectivity index (χ2v) is 3.96. The van der Waals surface area contributed by atoms with Crippen molar-refractivity contribution in [2.45, 2.75) is 13.0 Å². The van der Waals surface area contributed by atoms with Crippen molar-refractivity contribution in [1.82, 2.24) is 24.9 Å². The van der Waals surface area contributed by atoms with Crippen LogP contribution in [0.15, 0.2) is 12.5 Å². The zero-order valence-corrected chi connectivity index (χ0v) is 10.9. The topological polar surface area (TPSA) is 119 Å². The summed E-state index contributed by atoms with van der Waals surface area (Å²) in [4.78, 5) is 31.3. The number of carbonyl (C=O) groups is 2. The number of rotatable bonds is 4. The first-order valence-electron chi connectivity index (χ1n) is 5.73. The van der Waals surface area contributed by atoms with E-state index in [1.165, 1.54) is 24.1 Å². The molecule has 0 aliphatic rings. The van der Waals surface area contributed by atoms with Crippen LogP contribution >= 0.6 is 0 Å². The van der Waals surface area contributed by atoms with Crippen molar-refractivity contribution >= 4 is 17.7 Å². The number of fused-ring (bicyclic) bond motifs is 1. The average Bonchev–Trinajstić information content (AvgIpc) is 2.93. The standard InChI is InChI=1S/C11H13N5O4/c1-6-7(3-12-11-13-5-14-16(6)11)9(18)15-8(4-17)10(19)20-2/h3,5,8,17H,4H2,1-2H3,(H,15,18). The molecule has 1 unspecified atom stereocenters. The van der Waals surface area contributed by atoms with E-state index in [1.807, 2.05) is 0 Å². The highest BCUT2D eigenvalue weighted by Crippen LogP contribution is 2.07. The van der Waals surface area contributed by atoms with Gasteiger partial charge in [-0.05, 0) is 6.92 Å². The van der Waals surface area contributed by atoms with Crippen molar-refractivity contribution in [3.05, 3.63) is 23.8 Å². The Bertz CT molecular complexity index is 653. The maximum atomic E-state index is 12.1. The van der Waals surface area contributed by atoms with E-state index in [9.17, 15) is 9.59 Å². The zero-order valence-electron chi connectivity index (χ0n) is 10.9. The highest BCUT2D eigenvalue weighted by atomic mass is 16.5. The molecule has 2 rings (SSSR count). The summed E-state index contributed by atoms with van der Waals surface area (Å²) in [5.74, 6) is -0.920. The molecule has 20 heavy (non-hydrogen) atoms. The lowest BCUT2D eigenvalue weighted by atomic mass is 10.2. The van der Waals surface area contributed by atoms with E-state index >= 15 is 0 Å². The smallest absolute Gasteiger partial charge is 0.330 e. The van der Waals surface area contributed by atoms with Crippen molar-refractivity contribution in [3.63, 3.8) is 0 Å². The van der Waals surface area contributed by atoms with Crippen molar-refractivity contribution in [3.8, 4) is 0 Å². The summed E-state index contributed by atoms with van der Waals surface area (Å²) < 4.78 is 5.88. The van der Waals surface area contributed by atoms with E-state index in [4.69, 9.17) is 5.11 Å². The molecule has 1 amide bonds. The number of hydrogen-bond acceptors (Lipinski definition) is 7. The monoisotopic (exact) mass is 279 g/mol. The molecule has 0 aliphatic carbocycles. The highest BCUT2D eigenvalue weighted by molar-refractivity contribution is 5.97. The first-order chi connectivity index (χ1) is 9.58. The lowest BCUT2D eigenvalue weighted by Crippen LogP contribution is -2.44. The normalized spacial score (nSPS) is 12.2. The quantitative estimate of drug-likeness (QED) is 0.667. The number of amides is 1. The Morgan fingerprint density at radius 3 is 2.90 bits per heavy atom. The summed E-state index contributed by atoms with van der Waals surface area (Å²) >= 11 is 0. The molecule has 2 aromatic heterocycles. The minimum Gasteiger partial charge on any atom is -0.467 e. The van der Waals surface area contributed by atoms with Gasteiger partial charge in [-0.3, -0.25) is 4.79 Å². The van der Waals surface area contributed by atoms with Crippen LogP contribution in [-0.2, 0) is 9.53 Å². The van der Waals surface area contributed by atoms with Crippen LogP contribution in [0.2, 0.25) is 0 Å². The van der Waals surface area contributed by atoms with E-state index in [2.05, 4.69) is 25.1 Å². The fourth-order valence-electron chi connectivity index (χ4n) is 1.67. The lowest BCUT2D eigenvalue weighted by Gasteiger charge is -2.14. The summed E-state index contributed by atoms with van der Waals surface area (Å²) in [6.07, 6.45) is 2.66. The second-order valence-electron chi connectivity index (χ2n) is 3.96. The van der Waals surface area contributed by atoms with Gasteiger partial charge in [-0.15, -0.1) is 0 Å². The fourth-order valence-corrected chi connectivity index (χ4v) is 1.67. The van der Waals surface area contributed by atoms with Crippen LogP contribution in [0.1, 0.15) is 16.1 Å². The van der Waals surface area contributed by atoms with Gasteiger partial charge in [0.15, 0.2) is 6.04 Å². The third-order valence-corrected chi connectivity index (χ3v) is 2.76.